The van der Waals surface area contributed by atoms with E-state index in [0.29, 0.717) is 12.0 Å². The molecule has 0 spiro atoms. The molecule has 2 atom stereocenters. The number of hydrogen-bond donors (Lipinski definition) is 0. The molecule has 0 fully saturated rings. The van der Waals surface area contributed by atoms with Crippen LogP contribution < -0.4 is 0 Å². The first-order valence-corrected chi connectivity index (χ1v) is 5.21. The first-order chi connectivity index (χ1) is 5.59. The van der Waals surface area contributed by atoms with Gasteiger partial charge in [0.05, 0.1) is 6.10 Å². The Balaban J connectivity index is 3.49. The van der Waals surface area contributed by atoms with Crippen molar-refractivity contribution >= 4 is 0 Å². The summed E-state index contributed by atoms with van der Waals surface area (Å²) in [7, 11) is 0. The van der Waals surface area contributed by atoms with E-state index in [2.05, 4.69) is 34.6 Å². The maximum Gasteiger partial charge on any atom is 0.0574 e. The van der Waals surface area contributed by atoms with Crippen LogP contribution in [0.3, 0.4) is 0 Å². The predicted octanol–water partition coefficient (Wildman–Crippen LogP) is 3.48. The molecular weight excluding hydrogens is 148 g/mol. The summed E-state index contributed by atoms with van der Waals surface area (Å²) in [5.74, 6) is 1.39. The molecule has 0 N–H and O–H groups in total. The van der Waals surface area contributed by atoms with Crippen molar-refractivity contribution in [3.05, 3.63) is 0 Å². The molecule has 0 aromatic carbocycles. The van der Waals surface area contributed by atoms with Crippen LogP contribution in [0.15, 0.2) is 0 Å². The van der Waals surface area contributed by atoms with Crippen LogP contribution in [0.5, 0.6) is 0 Å². The Hall–Kier alpha value is -0.0400. The zero-order valence-electron chi connectivity index (χ0n) is 9.26. The standard InChI is InChI=1S/C11H24O/c1-6-7-8-12-11(5)10(4)9(2)3/h9-11H,6-8H2,1-5H3. The molecular formula is C11H24O. The normalized spacial score (nSPS) is 16.5. The quantitative estimate of drug-likeness (QED) is 0.557. The molecule has 0 radical (unpaired) electrons. The molecule has 0 aliphatic heterocycles. The first-order valence-electron chi connectivity index (χ1n) is 5.21. The van der Waals surface area contributed by atoms with E-state index in [-0.39, 0.29) is 0 Å². The molecule has 0 aliphatic carbocycles. The van der Waals surface area contributed by atoms with Crippen LogP contribution in [0.2, 0.25) is 0 Å². The molecule has 0 saturated carbocycles. The highest BCUT2D eigenvalue weighted by Crippen LogP contribution is 2.16. The lowest BCUT2D eigenvalue weighted by atomic mass is 9.93. The van der Waals surface area contributed by atoms with Gasteiger partial charge in [-0.3, -0.25) is 0 Å². The molecule has 2 unspecified atom stereocenters. The lowest BCUT2D eigenvalue weighted by Crippen LogP contribution is -2.22. The van der Waals surface area contributed by atoms with E-state index >= 15 is 0 Å². The number of unbranched alkanes of at least 4 members (excludes halogenated alkanes) is 1. The van der Waals surface area contributed by atoms with Gasteiger partial charge in [0.15, 0.2) is 0 Å². The average molecular weight is 172 g/mol. The van der Waals surface area contributed by atoms with Crippen LogP contribution >= 0.6 is 0 Å². The summed E-state index contributed by atoms with van der Waals surface area (Å²) in [4.78, 5) is 0. The van der Waals surface area contributed by atoms with E-state index in [1.165, 1.54) is 12.8 Å². The number of hydrogen-bond acceptors (Lipinski definition) is 1. The van der Waals surface area contributed by atoms with Crippen molar-refractivity contribution in [3.8, 4) is 0 Å². The fourth-order valence-electron chi connectivity index (χ4n) is 1.11. The monoisotopic (exact) mass is 172 g/mol. The predicted molar refractivity (Wildman–Crippen MR) is 54.3 cm³/mol. The lowest BCUT2D eigenvalue weighted by molar-refractivity contribution is 0.0149. The summed E-state index contributed by atoms with van der Waals surface area (Å²) in [5, 5.41) is 0. The smallest absolute Gasteiger partial charge is 0.0574 e. The highest BCUT2D eigenvalue weighted by Gasteiger charge is 2.15. The Kier molecular flexibility index (Phi) is 6.45. The number of ether oxygens (including phenoxy) is 1. The Morgan fingerprint density at radius 2 is 1.67 bits per heavy atom. The molecule has 12 heavy (non-hydrogen) atoms. The molecule has 0 rings (SSSR count). The van der Waals surface area contributed by atoms with Gasteiger partial charge in [-0.25, -0.2) is 0 Å². The van der Waals surface area contributed by atoms with E-state index in [1.807, 2.05) is 0 Å². The molecule has 0 aliphatic rings. The van der Waals surface area contributed by atoms with Gasteiger partial charge in [0.2, 0.25) is 0 Å². The van der Waals surface area contributed by atoms with Gasteiger partial charge in [-0.15, -0.1) is 0 Å². The molecule has 1 heteroatoms. The summed E-state index contributed by atoms with van der Waals surface area (Å²) in [6.07, 6.45) is 2.83. The minimum atomic E-state index is 0.413. The van der Waals surface area contributed by atoms with Crippen molar-refractivity contribution in [3.63, 3.8) is 0 Å². The van der Waals surface area contributed by atoms with Crippen molar-refractivity contribution in [1.82, 2.24) is 0 Å². The fourth-order valence-corrected chi connectivity index (χ4v) is 1.11. The van der Waals surface area contributed by atoms with E-state index in [1.54, 1.807) is 0 Å². The Labute approximate surface area is 77.5 Å². The maximum atomic E-state index is 5.71. The topological polar surface area (TPSA) is 9.23 Å². The minimum absolute atomic E-state index is 0.413. The van der Waals surface area contributed by atoms with Crippen molar-refractivity contribution in [2.45, 2.75) is 53.6 Å². The third-order valence-corrected chi connectivity index (χ3v) is 2.67. The highest BCUT2D eigenvalue weighted by molar-refractivity contribution is 4.64. The van der Waals surface area contributed by atoms with Crippen LogP contribution in [-0.4, -0.2) is 12.7 Å². The van der Waals surface area contributed by atoms with Gasteiger partial charge in [-0.2, -0.15) is 0 Å². The third-order valence-electron chi connectivity index (χ3n) is 2.67. The molecule has 0 aromatic rings. The van der Waals surface area contributed by atoms with Gasteiger partial charge < -0.3 is 4.74 Å². The van der Waals surface area contributed by atoms with Crippen LogP contribution in [0.4, 0.5) is 0 Å². The van der Waals surface area contributed by atoms with Gasteiger partial charge in [0.1, 0.15) is 0 Å². The van der Waals surface area contributed by atoms with E-state index in [4.69, 9.17) is 4.74 Å². The second kappa shape index (κ2) is 6.47. The van der Waals surface area contributed by atoms with Crippen LogP contribution in [0.1, 0.15) is 47.5 Å². The summed E-state index contributed by atoms with van der Waals surface area (Å²) in [6.45, 7) is 12.1. The molecule has 0 bridgehead atoms. The Morgan fingerprint density at radius 3 is 2.08 bits per heavy atom. The van der Waals surface area contributed by atoms with Crippen molar-refractivity contribution in [1.29, 1.82) is 0 Å². The highest BCUT2D eigenvalue weighted by atomic mass is 16.5. The molecule has 1 nitrogen and oxygen atoms in total. The molecule has 0 amide bonds. The van der Waals surface area contributed by atoms with Crippen LogP contribution in [0, 0.1) is 11.8 Å². The van der Waals surface area contributed by atoms with Crippen molar-refractivity contribution < 1.29 is 4.74 Å². The minimum Gasteiger partial charge on any atom is -0.378 e. The summed E-state index contributed by atoms with van der Waals surface area (Å²) >= 11 is 0. The van der Waals surface area contributed by atoms with E-state index in [9.17, 15) is 0 Å². The maximum absolute atomic E-state index is 5.71. The SMILES string of the molecule is CCCCOC(C)C(C)C(C)C. The van der Waals surface area contributed by atoms with Crippen molar-refractivity contribution in [2.75, 3.05) is 6.61 Å². The van der Waals surface area contributed by atoms with E-state index < -0.39 is 0 Å². The zero-order chi connectivity index (χ0) is 9.56. The van der Waals surface area contributed by atoms with Crippen molar-refractivity contribution in [2.24, 2.45) is 11.8 Å². The van der Waals surface area contributed by atoms with Gasteiger partial charge >= 0.3 is 0 Å². The van der Waals surface area contributed by atoms with E-state index in [0.717, 1.165) is 12.5 Å². The summed E-state index contributed by atoms with van der Waals surface area (Å²) in [5.41, 5.74) is 0. The summed E-state index contributed by atoms with van der Waals surface area (Å²) < 4.78 is 5.71. The second-order valence-corrected chi connectivity index (χ2v) is 4.03. The first kappa shape index (κ1) is 12.0. The average Bonchev–Trinajstić information content (AvgIpc) is 2.03. The largest absolute Gasteiger partial charge is 0.378 e. The molecule has 0 saturated heterocycles. The van der Waals surface area contributed by atoms with Crippen LogP contribution in [-0.2, 0) is 4.74 Å². The summed E-state index contributed by atoms with van der Waals surface area (Å²) in [6, 6.07) is 0. The van der Waals surface area contributed by atoms with Crippen LogP contribution in [0.25, 0.3) is 0 Å². The second-order valence-electron chi connectivity index (χ2n) is 4.03. The Bertz CT molecular complexity index is 99.2. The zero-order valence-corrected chi connectivity index (χ0v) is 9.26. The van der Waals surface area contributed by atoms with Gasteiger partial charge in [-0.05, 0) is 25.2 Å². The fraction of sp³-hybridized carbons (Fsp3) is 1.00. The molecule has 74 valence electrons. The number of rotatable bonds is 6. The third kappa shape index (κ3) is 4.76. The molecule has 0 aromatic heterocycles. The van der Waals surface area contributed by atoms with Gasteiger partial charge in [-0.1, -0.05) is 34.1 Å². The van der Waals surface area contributed by atoms with Gasteiger partial charge in [0, 0.05) is 6.61 Å². The van der Waals surface area contributed by atoms with Gasteiger partial charge in [0.25, 0.3) is 0 Å². The Morgan fingerprint density at radius 1 is 1.08 bits per heavy atom. The lowest BCUT2D eigenvalue weighted by Gasteiger charge is -2.23. The molecule has 0 heterocycles.